The second-order valence-electron chi connectivity index (χ2n) is 5.45. The molecule has 0 saturated carbocycles. The minimum atomic E-state index is -2.96. The fourth-order valence-corrected chi connectivity index (χ4v) is 3.23. The molecule has 0 spiro atoms. The van der Waals surface area contributed by atoms with Crippen molar-refractivity contribution in [3.63, 3.8) is 0 Å². The number of alkyl halides is 2. The van der Waals surface area contributed by atoms with E-state index in [1.54, 1.807) is 11.3 Å². The topological polar surface area (TPSA) is 50.8 Å². The van der Waals surface area contributed by atoms with Gasteiger partial charge in [-0.05, 0) is 43.7 Å². The Labute approximate surface area is 149 Å². The first-order chi connectivity index (χ1) is 11.9. The lowest BCUT2D eigenvalue weighted by atomic mass is 10.1. The summed E-state index contributed by atoms with van der Waals surface area (Å²) in [6.07, 6.45) is 0. The molecule has 0 bridgehead atoms. The third-order valence-electron chi connectivity index (χ3n) is 3.59. The van der Waals surface area contributed by atoms with Gasteiger partial charge in [0.1, 0.15) is 0 Å². The van der Waals surface area contributed by atoms with Crippen molar-refractivity contribution in [3.8, 4) is 11.5 Å². The van der Waals surface area contributed by atoms with Crippen molar-refractivity contribution in [2.24, 2.45) is 0 Å². The molecule has 1 N–H and O–H groups in total. The molecule has 136 valence electrons. The normalized spacial score (nSPS) is 12.3. The van der Waals surface area contributed by atoms with Crippen LogP contribution >= 0.6 is 11.3 Å². The van der Waals surface area contributed by atoms with Gasteiger partial charge in [-0.25, -0.2) is 0 Å². The average Bonchev–Trinajstić information content (AvgIpc) is 3.08. The number of hydrogen-bond acceptors (Lipinski definition) is 5. The number of carbonyl (C=O) groups excluding carboxylic acids is 1. The van der Waals surface area contributed by atoms with Gasteiger partial charge >= 0.3 is 6.61 Å². The van der Waals surface area contributed by atoms with Gasteiger partial charge in [0.2, 0.25) is 0 Å². The van der Waals surface area contributed by atoms with Crippen molar-refractivity contribution in [2.75, 3.05) is 27.7 Å². The Kier molecular flexibility index (Phi) is 6.72. The van der Waals surface area contributed by atoms with Crippen molar-refractivity contribution in [2.45, 2.75) is 12.7 Å². The zero-order valence-electron chi connectivity index (χ0n) is 14.2. The fourth-order valence-electron chi connectivity index (χ4n) is 2.31. The highest BCUT2D eigenvalue weighted by Crippen LogP contribution is 2.29. The van der Waals surface area contributed by atoms with Crippen LogP contribution in [-0.2, 0) is 0 Å². The van der Waals surface area contributed by atoms with E-state index < -0.39 is 6.61 Å². The Hall–Kier alpha value is -2.19. The van der Waals surface area contributed by atoms with Crippen LogP contribution in [0.1, 0.15) is 21.3 Å². The zero-order chi connectivity index (χ0) is 18.4. The lowest BCUT2D eigenvalue weighted by Gasteiger charge is -2.23. The molecule has 0 radical (unpaired) electrons. The smallest absolute Gasteiger partial charge is 0.387 e. The summed E-state index contributed by atoms with van der Waals surface area (Å²) >= 11 is 1.62. The SMILES string of the molecule is COc1cc(C(=O)NC[C@H](c2cccs2)N(C)C)ccc1OC(F)F. The van der Waals surface area contributed by atoms with E-state index in [0.29, 0.717) is 12.1 Å². The summed E-state index contributed by atoms with van der Waals surface area (Å²) in [6, 6.07) is 8.12. The van der Waals surface area contributed by atoms with Gasteiger partial charge < -0.3 is 19.7 Å². The Morgan fingerprint density at radius 2 is 2.04 bits per heavy atom. The van der Waals surface area contributed by atoms with Gasteiger partial charge in [-0.2, -0.15) is 8.78 Å². The first kappa shape index (κ1) is 19.1. The molecule has 8 heteroatoms. The molecule has 0 aliphatic heterocycles. The number of methoxy groups -OCH3 is 1. The van der Waals surface area contributed by atoms with Crippen molar-refractivity contribution in [1.82, 2.24) is 10.2 Å². The third kappa shape index (κ3) is 5.14. The van der Waals surface area contributed by atoms with E-state index in [9.17, 15) is 13.6 Å². The zero-order valence-corrected chi connectivity index (χ0v) is 15.0. The summed E-state index contributed by atoms with van der Waals surface area (Å²) in [7, 11) is 5.21. The highest BCUT2D eigenvalue weighted by atomic mass is 32.1. The van der Waals surface area contributed by atoms with Gasteiger partial charge in [-0.15, -0.1) is 11.3 Å². The maximum absolute atomic E-state index is 12.4. The van der Waals surface area contributed by atoms with Crippen LogP contribution in [0.5, 0.6) is 11.5 Å². The van der Waals surface area contributed by atoms with Crippen molar-refractivity contribution >= 4 is 17.2 Å². The molecule has 0 aliphatic carbocycles. The number of likely N-dealkylation sites (N-methyl/N-ethyl adjacent to an activating group) is 1. The van der Waals surface area contributed by atoms with Crippen LogP contribution in [0, 0.1) is 0 Å². The molecule has 1 aromatic carbocycles. The number of halogens is 2. The highest BCUT2D eigenvalue weighted by Gasteiger charge is 2.18. The second-order valence-corrected chi connectivity index (χ2v) is 6.43. The van der Waals surface area contributed by atoms with Gasteiger partial charge in [0.25, 0.3) is 5.91 Å². The number of nitrogens with zero attached hydrogens (tertiary/aromatic N) is 1. The van der Waals surface area contributed by atoms with Crippen LogP contribution < -0.4 is 14.8 Å². The Bertz CT molecular complexity index is 693. The molecule has 0 aliphatic rings. The fraction of sp³-hybridized carbons (Fsp3) is 0.353. The summed E-state index contributed by atoms with van der Waals surface area (Å²) in [5.41, 5.74) is 0.308. The summed E-state index contributed by atoms with van der Waals surface area (Å²) < 4.78 is 34.1. The Morgan fingerprint density at radius 1 is 1.28 bits per heavy atom. The maximum Gasteiger partial charge on any atom is 0.387 e. The molecule has 1 atom stereocenters. The summed E-state index contributed by atoms with van der Waals surface area (Å²) in [5.74, 6) is -0.348. The number of nitrogens with one attached hydrogen (secondary N) is 1. The predicted molar refractivity (Wildman–Crippen MR) is 92.7 cm³/mol. The largest absolute Gasteiger partial charge is 0.493 e. The Morgan fingerprint density at radius 3 is 2.60 bits per heavy atom. The molecule has 25 heavy (non-hydrogen) atoms. The quantitative estimate of drug-likeness (QED) is 0.774. The van der Waals surface area contributed by atoms with Crippen molar-refractivity contribution in [3.05, 3.63) is 46.2 Å². The summed E-state index contributed by atoms with van der Waals surface area (Å²) in [5, 5.41) is 4.85. The number of carbonyl (C=O) groups is 1. The van der Waals surface area contributed by atoms with Crippen LogP contribution in [0.3, 0.4) is 0 Å². The Balaban J connectivity index is 2.07. The molecule has 5 nitrogen and oxygen atoms in total. The number of rotatable bonds is 8. The molecule has 0 saturated heterocycles. The van der Waals surface area contributed by atoms with Crippen LogP contribution in [0.4, 0.5) is 8.78 Å². The average molecular weight is 370 g/mol. The van der Waals surface area contributed by atoms with E-state index in [4.69, 9.17) is 4.74 Å². The van der Waals surface area contributed by atoms with E-state index >= 15 is 0 Å². The molecule has 0 fully saturated rings. The predicted octanol–water partition coefficient (Wildman–Crippen LogP) is 3.39. The monoisotopic (exact) mass is 370 g/mol. The first-order valence-electron chi connectivity index (χ1n) is 7.53. The van der Waals surface area contributed by atoms with Crippen LogP contribution in [0.15, 0.2) is 35.7 Å². The second kappa shape index (κ2) is 8.77. The highest BCUT2D eigenvalue weighted by molar-refractivity contribution is 7.10. The van der Waals surface area contributed by atoms with Crippen molar-refractivity contribution in [1.29, 1.82) is 0 Å². The lowest BCUT2D eigenvalue weighted by Crippen LogP contribution is -2.34. The third-order valence-corrected chi connectivity index (χ3v) is 4.57. The van der Waals surface area contributed by atoms with Gasteiger partial charge in [-0.1, -0.05) is 6.07 Å². The molecule has 1 aromatic heterocycles. The molecular formula is C17H20F2N2O3S. The van der Waals surface area contributed by atoms with E-state index in [1.807, 2.05) is 36.5 Å². The van der Waals surface area contributed by atoms with Gasteiger partial charge in [0, 0.05) is 17.0 Å². The number of thiophene rings is 1. The van der Waals surface area contributed by atoms with E-state index in [1.165, 1.54) is 25.3 Å². The number of amides is 1. The molecular weight excluding hydrogens is 350 g/mol. The van der Waals surface area contributed by atoms with Crippen molar-refractivity contribution < 1.29 is 23.0 Å². The summed E-state index contributed by atoms with van der Waals surface area (Å²) in [6.45, 7) is -2.54. The molecule has 1 amide bonds. The van der Waals surface area contributed by atoms with Gasteiger partial charge in [0.05, 0.1) is 13.2 Å². The molecule has 1 heterocycles. The number of ether oxygens (including phenoxy) is 2. The molecule has 0 unspecified atom stereocenters. The first-order valence-corrected chi connectivity index (χ1v) is 8.41. The van der Waals surface area contributed by atoms with Crippen LogP contribution in [0.25, 0.3) is 0 Å². The van der Waals surface area contributed by atoms with Gasteiger partial charge in [-0.3, -0.25) is 4.79 Å². The van der Waals surface area contributed by atoms with E-state index in [-0.39, 0.29) is 23.4 Å². The van der Waals surface area contributed by atoms with E-state index in [0.717, 1.165) is 4.88 Å². The minimum Gasteiger partial charge on any atom is -0.493 e. The maximum atomic E-state index is 12.4. The molecule has 2 aromatic rings. The van der Waals surface area contributed by atoms with Crippen LogP contribution in [-0.4, -0.2) is 45.2 Å². The standard InChI is InChI=1S/C17H20F2N2O3S/c1-21(2)12(15-5-4-8-25-15)10-20-16(22)11-6-7-13(24-17(18)19)14(9-11)23-3/h4-9,12,17H,10H2,1-3H3,(H,20,22)/t12-/m1/s1. The summed E-state index contributed by atoms with van der Waals surface area (Å²) in [4.78, 5) is 15.5. The molecule has 2 rings (SSSR count). The lowest BCUT2D eigenvalue weighted by molar-refractivity contribution is -0.0512. The minimum absolute atomic E-state index is 0.0484. The van der Waals surface area contributed by atoms with Crippen LogP contribution in [0.2, 0.25) is 0 Å². The van der Waals surface area contributed by atoms with E-state index in [2.05, 4.69) is 10.1 Å². The number of benzene rings is 1. The van der Waals surface area contributed by atoms with Gasteiger partial charge in [0.15, 0.2) is 11.5 Å². The number of hydrogen-bond donors (Lipinski definition) is 1.